The van der Waals surface area contributed by atoms with Crippen LogP contribution in [0.3, 0.4) is 0 Å². The van der Waals surface area contributed by atoms with Gasteiger partial charge in [-0.15, -0.1) is 0 Å². The number of amides is 1. The van der Waals surface area contributed by atoms with Crippen molar-refractivity contribution in [3.05, 3.63) is 29.3 Å². The Bertz CT molecular complexity index is 568. The van der Waals surface area contributed by atoms with Crippen LogP contribution < -0.4 is 10.2 Å². The van der Waals surface area contributed by atoms with Crippen LogP contribution in [0.15, 0.2) is 18.2 Å². The Hall–Kier alpha value is -1.35. The maximum Gasteiger partial charge on any atom is 0.244 e. The van der Waals surface area contributed by atoms with Gasteiger partial charge in [0.25, 0.3) is 0 Å². The molecule has 3 heteroatoms. The first-order chi connectivity index (χ1) is 10.2. The summed E-state index contributed by atoms with van der Waals surface area (Å²) in [6.07, 6.45) is 6.02. The standard InChI is InChI=1S/C18H24N2O/c1-12-7-8-16-13(10-12)5-3-9-20(16)18(21)17-15-6-2-4-14(15)11-19-17/h7-8,10,14-15,17,19H,2-6,9,11H2,1H3. The first-order valence-corrected chi connectivity index (χ1v) is 8.38. The summed E-state index contributed by atoms with van der Waals surface area (Å²) >= 11 is 0. The monoisotopic (exact) mass is 284 g/mol. The summed E-state index contributed by atoms with van der Waals surface area (Å²) in [5, 5.41) is 3.51. The lowest BCUT2D eigenvalue weighted by atomic mass is 9.92. The molecule has 1 aromatic rings. The number of hydrogen-bond donors (Lipinski definition) is 1. The van der Waals surface area contributed by atoms with E-state index in [0.717, 1.165) is 37.5 Å². The van der Waals surface area contributed by atoms with E-state index < -0.39 is 0 Å². The van der Waals surface area contributed by atoms with Crippen LogP contribution in [-0.4, -0.2) is 25.0 Å². The van der Waals surface area contributed by atoms with E-state index >= 15 is 0 Å². The summed E-state index contributed by atoms with van der Waals surface area (Å²) in [6.45, 7) is 4.04. The lowest BCUT2D eigenvalue weighted by Gasteiger charge is -2.33. The van der Waals surface area contributed by atoms with Gasteiger partial charge in [0.05, 0.1) is 6.04 Å². The second-order valence-corrected chi connectivity index (χ2v) is 6.97. The van der Waals surface area contributed by atoms with Crippen molar-refractivity contribution in [2.24, 2.45) is 11.8 Å². The molecule has 0 aromatic heterocycles. The molecule has 3 nitrogen and oxygen atoms in total. The fraction of sp³-hybridized carbons (Fsp3) is 0.611. The third-order valence-corrected chi connectivity index (χ3v) is 5.63. The molecular formula is C18H24N2O. The molecule has 3 atom stereocenters. The first-order valence-electron chi connectivity index (χ1n) is 8.38. The highest BCUT2D eigenvalue weighted by atomic mass is 16.2. The van der Waals surface area contributed by atoms with Crippen LogP contribution in [-0.2, 0) is 11.2 Å². The Morgan fingerprint density at radius 1 is 1.29 bits per heavy atom. The minimum Gasteiger partial charge on any atom is -0.311 e. The van der Waals surface area contributed by atoms with Gasteiger partial charge >= 0.3 is 0 Å². The fourth-order valence-corrected chi connectivity index (χ4v) is 4.58. The molecule has 1 aromatic carbocycles. The molecule has 2 heterocycles. The third kappa shape index (κ3) is 2.18. The molecule has 2 fully saturated rings. The highest BCUT2D eigenvalue weighted by molar-refractivity contribution is 5.98. The van der Waals surface area contributed by atoms with E-state index in [1.165, 1.54) is 30.4 Å². The molecule has 1 saturated heterocycles. The zero-order chi connectivity index (χ0) is 14.4. The summed E-state index contributed by atoms with van der Waals surface area (Å²) < 4.78 is 0. The van der Waals surface area contributed by atoms with Gasteiger partial charge in [0.15, 0.2) is 0 Å². The fourth-order valence-electron chi connectivity index (χ4n) is 4.58. The molecule has 0 bridgehead atoms. The van der Waals surface area contributed by atoms with Crippen molar-refractivity contribution in [2.75, 3.05) is 18.0 Å². The average Bonchev–Trinajstić information content (AvgIpc) is 3.08. The van der Waals surface area contributed by atoms with Gasteiger partial charge in [0.2, 0.25) is 5.91 Å². The lowest BCUT2D eigenvalue weighted by molar-refractivity contribution is -0.121. The highest BCUT2D eigenvalue weighted by Gasteiger charge is 2.44. The van der Waals surface area contributed by atoms with Crippen molar-refractivity contribution in [3.8, 4) is 0 Å². The van der Waals surface area contributed by atoms with Crippen LogP contribution in [0.4, 0.5) is 5.69 Å². The van der Waals surface area contributed by atoms with E-state index in [1.807, 2.05) is 0 Å². The van der Waals surface area contributed by atoms with Crippen molar-refractivity contribution in [2.45, 2.75) is 45.1 Å². The highest BCUT2D eigenvalue weighted by Crippen LogP contribution is 2.39. The maximum atomic E-state index is 13.1. The minimum atomic E-state index is 0.0600. The van der Waals surface area contributed by atoms with Crippen LogP contribution in [0.2, 0.25) is 0 Å². The smallest absolute Gasteiger partial charge is 0.244 e. The Balaban J connectivity index is 1.61. The quantitative estimate of drug-likeness (QED) is 0.860. The van der Waals surface area contributed by atoms with E-state index in [-0.39, 0.29) is 6.04 Å². The summed E-state index contributed by atoms with van der Waals surface area (Å²) in [5.41, 5.74) is 3.79. The predicted octanol–water partition coefficient (Wildman–Crippen LogP) is 2.66. The molecule has 3 unspecified atom stereocenters. The number of benzene rings is 1. The number of anilines is 1. The molecule has 3 aliphatic rings. The molecular weight excluding hydrogens is 260 g/mol. The van der Waals surface area contributed by atoms with Gasteiger partial charge in [-0.1, -0.05) is 24.1 Å². The first kappa shape index (κ1) is 13.3. The number of nitrogens with one attached hydrogen (secondary N) is 1. The molecule has 1 saturated carbocycles. The number of aryl methyl sites for hydroxylation is 2. The second-order valence-electron chi connectivity index (χ2n) is 6.97. The molecule has 21 heavy (non-hydrogen) atoms. The van der Waals surface area contributed by atoms with Crippen LogP contribution in [0, 0.1) is 18.8 Å². The van der Waals surface area contributed by atoms with Crippen molar-refractivity contribution in [1.29, 1.82) is 0 Å². The number of nitrogens with zero attached hydrogens (tertiary/aromatic N) is 1. The van der Waals surface area contributed by atoms with E-state index in [4.69, 9.17) is 0 Å². The summed E-state index contributed by atoms with van der Waals surface area (Å²) in [4.78, 5) is 15.1. The molecule has 2 aliphatic heterocycles. The summed E-state index contributed by atoms with van der Waals surface area (Å²) in [6, 6.07) is 6.58. The van der Waals surface area contributed by atoms with Crippen LogP contribution >= 0.6 is 0 Å². The van der Waals surface area contributed by atoms with E-state index in [2.05, 4.69) is 35.3 Å². The van der Waals surface area contributed by atoms with Crippen molar-refractivity contribution in [3.63, 3.8) is 0 Å². The van der Waals surface area contributed by atoms with E-state index in [9.17, 15) is 4.79 Å². The summed E-state index contributed by atoms with van der Waals surface area (Å²) in [5.74, 6) is 1.63. The molecule has 1 aliphatic carbocycles. The zero-order valence-electron chi connectivity index (χ0n) is 12.8. The van der Waals surface area contributed by atoms with E-state index in [0.29, 0.717) is 11.8 Å². The predicted molar refractivity (Wildman–Crippen MR) is 84.5 cm³/mol. The van der Waals surface area contributed by atoms with Crippen molar-refractivity contribution in [1.82, 2.24) is 5.32 Å². The normalized spacial score (nSPS) is 31.1. The number of fused-ring (bicyclic) bond motifs is 2. The van der Waals surface area contributed by atoms with Gasteiger partial charge in [0.1, 0.15) is 0 Å². The van der Waals surface area contributed by atoms with Crippen LogP contribution in [0.25, 0.3) is 0 Å². The van der Waals surface area contributed by atoms with Crippen molar-refractivity contribution >= 4 is 11.6 Å². The lowest BCUT2D eigenvalue weighted by Crippen LogP contribution is -2.48. The molecule has 0 radical (unpaired) electrons. The number of carbonyl (C=O) groups excluding carboxylic acids is 1. The van der Waals surface area contributed by atoms with Crippen LogP contribution in [0.1, 0.15) is 36.8 Å². The van der Waals surface area contributed by atoms with Crippen molar-refractivity contribution < 1.29 is 4.79 Å². The largest absolute Gasteiger partial charge is 0.311 e. The molecule has 1 amide bonds. The Labute approximate surface area is 126 Å². The maximum absolute atomic E-state index is 13.1. The Morgan fingerprint density at radius 2 is 2.19 bits per heavy atom. The molecule has 0 spiro atoms. The number of hydrogen-bond acceptors (Lipinski definition) is 2. The molecule has 112 valence electrons. The Kier molecular flexibility index (Phi) is 3.26. The van der Waals surface area contributed by atoms with Gasteiger partial charge in [0, 0.05) is 12.2 Å². The number of carbonyl (C=O) groups is 1. The van der Waals surface area contributed by atoms with Gasteiger partial charge in [-0.2, -0.15) is 0 Å². The summed E-state index contributed by atoms with van der Waals surface area (Å²) in [7, 11) is 0. The minimum absolute atomic E-state index is 0.0600. The topological polar surface area (TPSA) is 32.3 Å². The van der Waals surface area contributed by atoms with Gasteiger partial charge in [-0.3, -0.25) is 4.79 Å². The molecule has 4 rings (SSSR count). The SMILES string of the molecule is Cc1ccc2c(c1)CCCN2C(=O)C1NCC2CCCC21. The van der Waals surface area contributed by atoms with E-state index in [1.54, 1.807) is 0 Å². The second kappa shape index (κ2) is 5.13. The molecule has 1 N–H and O–H groups in total. The van der Waals surface area contributed by atoms with Gasteiger partial charge < -0.3 is 10.2 Å². The third-order valence-electron chi connectivity index (χ3n) is 5.63. The Morgan fingerprint density at radius 3 is 3.10 bits per heavy atom. The van der Waals surface area contributed by atoms with Gasteiger partial charge in [-0.25, -0.2) is 0 Å². The average molecular weight is 284 g/mol. The number of rotatable bonds is 1. The zero-order valence-corrected chi connectivity index (χ0v) is 12.8. The van der Waals surface area contributed by atoms with Gasteiger partial charge in [-0.05, 0) is 62.6 Å². The van der Waals surface area contributed by atoms with Crippen LogP contribution in [0.5, 0.6) is 0 Å².